The van der Waals surface area contributed by atoms with Gasteiger partial charge in [0, 0.05) is 0 Å². The van der Waals surface area contributed by atoms with E-state index in [-0.39, 0.29) is 0 Å². The summed E-state index contributed by atoms with van der Waals surface area (Å²) in [6, 6.07) is 0. The minimum absolute atomic E-state index is 0.817. The first-order valence-corrected chi connectivity index (χ1v) is 5.03. The van der Waals surface area contributed by atoms with Gasteiger partial charge in [0.15, 0.2) is 9.84 Å². The second-order valence-electron chi connectivity index (χ2n) is 1.96. The van der Waals surface area contributed by atoms with Gasteiger partial charge in [-0.1, -0.05) is 0 Å². The van der Waals surface area contributed by atoms with Gasteiger partial charge in [-0.05, 0) is 11.6 Å². The highest BCUT2D eigenvalue weighted by Crippen LogP contribution is 1.94. The smallest absolute Gasteiger partial charge is 0.320 e. The van der Waals surface area contributed by atoms with Gasteiger partial charge in [0.1, 0.15) is 11.5 Å². The Kier molecular flexibility index (Phi) is 4.19. The van der Waals surface area contributed by atoms with E-state index in [2.05, 4.69) is 4.74 Å². The number of methoxy groups -OCH3 is 1. The molecule has 0 unspecified atom stereocenters. The summed E-state index contributed by atoms with van der Waals surface area (Å²) in [4.78, 5) is 20.6. The van der Waals surface area contributed by atoms with Crippen molar-refractivity contribution in [3.63, 3.8) is 0 Å². The molecular formula is C5H7ClO5S. The molecule has 0 spiro atoms. The maximum Gasteiger partial charge on any atom is 0.320 e. The third-order valence-corrected chi connectivity index (χ3v) is 2.57. The van der Waals surface area contributed by atoms with E-state index in [4.69, 9.17) is 11.6 Å². The molecule has 0 saturated carbocycles. The quantitative estimate of drug-likeness (QED) is 0.459. The Hall–Kier alpha value is -0.620. The highest BCUT2D eigenvalue weighted by molar-refractivity contribution is 7.92. The van der Waals surface area contributed by atoms with E-state index in [1.165, 1.54) is 0 Å². The fourth-order valence-corrected chi connectivity index (χ4v) is 1.89. The molecule has 0 aromatic carbocycles. The maximum atomic E-state index is 10.8. The first kappa shape index (κ1) is 11.4. The molecule has 0 atom stereocenters. The van der Waals surface area contributed by atoms with Crippen LogP contribution < -0.4 is 0 Å². The Morgan fingerprint density at radius 1 is 1.33 bits per heavy atom. The van der Waals surface area contributed by atoms with Crippen molar-refractivity contribution < 1.29 is 22.7 Å². The SMILES string of the molecule is COC(=O)CS(=O)(=O)CC(=O)Cl. The topological polar surface area (TPSA) is 77.5 Å². The zero-order valence-electron chi connectivity index (χ0n) is 6.24. The van der Waals surface area contributed by atoms with Crippen LogP contribution in [0.5, 0.6) is 0 Å². The summed E-state index contributed by atoms with van der Waals surface area (Å²) in [5, 5.41) is -1.01. The van der Waals surface area contributed by atoms with Crippen LogP contribution in [0.1, 0.15) is 0 Å². The van der Waals surface area contributed by atoms with Crippen LogP contribution in [0.3, 0.4) is 0 Å². The standard InChI is InChI=1S/C5H7ClO5S/c1-11-5(8)3-12(9,10)2-4(6)7/h2-3H2,1H3. The second kappa shape index (κ2) is 4.42. The van der Waals surface area contributed by atoms with Gasteiger partial charge < -0.3 is 4.74 Å². The van der Waals surface area contributed by atoms with Crippen LogP contribution in [-0.2, 0) is 24.2 Å². The molecule has 5 nitrogen and oxygen atoms in total. The number of ether oxygens (including phenoxy) is 1. The molecule has 0 aromatic heterocycles. The van der Waals surface area contributed by atoms with Gasteiger partial charge >= 0.3 is 5.97 Å². The largest absolute Gasteiger partial charge is 0.468 e. The van der Waals surface area contributed by atoms with Gasteiger partial charge in [-0.3, -0.25) is 9.59 Å². The van der Waals surface area contributed by atoms with Crippen LogP contribution in [-0.4, -0.2) is 38.2 Å². The molecule has 12 heavy (non-hydrogen) atoms. The average molecular weight is 215 g/mol. The number of hydrogen-bond donors (Lipinski definition) is 0. The van der Waals surface area contributed by atoms with Gasteiger partial charge in [0.05, 0.1) is 7.11 Å². The van der Waals surface area contributed by atoms with Crippen LogP contribution in [0.15, 0.2) is 0 Å². The maximum absolute atomic E-state index is 10.8. The van der Waals surface area contributed by atoms with Crippen molar-refractivity contribution in [2.75, 3.05) is 18.6 Å². The van der Waals surface area contributed by atoms with E-state index in [9.17, 15) is 18.0 Å². The van der Waals surface area contributed by atoms with Crippen LogP contribution in [0.4, 0.5) is 0 Å². The van der Waals surface area contributed by atoms with Crippen LogP contribution in [0, 0.1) is 0 Å². The second-order valence-corrected chi connectivity index (χ2v) is 4.45. The third kappa shape index (κ3) is 5.09. The molecule has 7 heteroatoms. The first-order chi connectivity index (χ1) is 5.37. The summed E-state index contributed by atoms with van der Waals surface area (Å²) in [5.41, 5.74) is 0. The monoisotopic (exact) mass is 214 g/mol. The fourth-order valence-electron chi connectivity index (χ4n) is 0.462. The average Bonchev–Trinajstić information content (AvgIpc) is 1.83. The van der Waals surface area contributed by atoms with Gasteiger partial charge in [0.25, 0.3) is 0 Å². The molecule has 0 aromatic rings. The summed E-state index contributed by atoms with van der Waals surface area (Å²) in [7, 11) is -2.69. The van der Waals surface area contributed by atoms with Crippen LogP contribution >= 0.6 is 11.6 Å². The van der Waals surface area contributed by atoms with E-state index in [0.717, 1.165) is 7.11 Å². The molecule has 0 rings (SSSR count). The molecule has 0 N–H and O–H groups in total. The molecule has 0 aliphatic carbocycles. The van der Waals surface area contributed by atoms with Crippen molar-refractivity contribution in [2.45, 2.75) is 0 Å². The predicted octanol–water partition coefficient (Wildman–Crippen LogP) is -0.660. The van der Waals surface area contributed by atoms with Crippen LogP contribution in [0.25, 0.3) is 0 Å². The highest BCUT2D eigenvalue weighted by Gasteiger charge is 2.19. The van der Waals surface area contributed by atoms with Gasteiger partial charge in [-0.15, -0.1) is 0 Å². The Bertz CT molecular complexity index is 280. The number of carbonyl (C=O) groups excluding carboxylic acids is 2. The van der Waals surface area contributed by atoms with Gasteiger partial charge in [-0.25, -0.2) is 8.42 Å². The first-order valence-electron chi connectivity index (χ1n) is 2.83. The van der Waals surface area contributed by atoms with Crippen molar-refractivity contribution >= 4 is 32.6 Å². The van der Waals surface area contributed by atoms with Gasteiger partial charge in [-0.2, -0.15) is 0 Å². The number of sulfone groups is 1. The zero-order chi connectivity index (χ0) is 9.78. The molecule has 0 radical (unpaired) electrons. The molecular weight excluding hydrogens is 208 g/mol. The molecule has 0 amide bonds. The summed E-state index contributed by atoms with van der Waals surface area (Å²) in [6.45, 7) is 0. The lowest BCUT2D eigenvalue weighted by Gasteiger charge is -1.98. The van der Waals surface area contributed by atoms with E-state index in [1.54, 1.807) is 0 Å². The van der Waals surface area contributed by atoms with Crippen molar-refractivity contribution in [1.29, 1.82) is 0 Å². The van der Waals surface area contributed by atoms with E-state index in [0.29, 0.717) is 0 Å². The van der Waals surface area contributed by atoms with E-state index in [1.807, 2.05) is 0 Å². The fraction of sp³-hybridized carbons (Fsp3) is 0.600. The number of hydrogen-bond acceptors (Lipinski definition) is 5. The summed E-state index contributed by atoms with van der Waals surface area (Å²) < 4.78 is 25.7. The lowest BCUT2D eigenvalue weighted by molar-refractivity contribution is -0.137. The Labute approximate surface area is 74.6 Å². The highest BCUT2D eigenvalue weighted by atomic mass is 35.5. The molecule has 0 saturated heterocycles. The molecule has 0 bridgehead atoms. The van der Waals surface area contributed by atoms with Crippen molar-refractivity contribution in [1.82, 2.24) is 0 Å². The molecule has 0 fully saturated rings. The minimum Gasteiger partial charge on any atom is -0.468 e. The number of carbonyl (C=O) groups is 2. The number of halogens is 1. The molecule has 0 aliphatic rings. The van der Waals surface area contributed by atoms with Gasteiger partial charge in [0.2, 0.25) is 5.24 Å². The minimum atomic E-state index is -3.75. The summed E-state index contributed by atoms with van der Waals surface area (Å²) in [6.07, 6.45) is 0. The predicted molar refractivity (Wildman–Crippen MR) is 41.5 cm³/mol. The lowest BCUT2D eigenvalue weighted by Crippen LogP contribution is -2.22. The van der Waals surface area contributed by atoms with Crippen molar-refractivity contribution in [2.24, 2.45) is 0 Å². The Balaban J connectivity index is 4.25. The molecule has 0 heterocycles. The van der Waals surface area contributed by atoms with E-state index >= 15 is 0 Å². The normalized spacial score (nSPS) is 10.8. The van der Waals surface area contributed by atoms with Crippen LogP contribution in [0.2, 0.25) is 0 Å². The number of rotatable bonds is 4. The zero-order valence-corrected chi connectivity index (χ0v) is 7.81. The lowest BCUT2D eigenvalue weighted by atomic mass is 10.8. The van der Waals surface area contributed by atoms with Crippen molar-refractivity contribution in [3.05, 3.63) is 0 Å². The van der Waals surface area contributed by atoms with Crippen molar-refractivity contribution in [3.8, 4) is 0 Å². The Morgan fingerprint density at radius 2 is 1.83 bits per heavy atom. The summed E-state index contributed by atoms with van der Waals surface area (Å²) in [5.74, 6) is -2.57. The Morgan fingerprint density at radius 3 is 2.17 bits per heavy atom. The molecule has 0 aliphatic heterocycles. The third-order valence-electron chi connectivity index (χ3n) is 0.899. The summed E-state index contributed by atoms with van der Waals surface area (Å²) >= 11 is 4.82. The van der Waals surface area contributed by atoms with E-state index < -0.39 is 32.6 Å². The molecule has 70 valence electrons. The number of esters is 1.